The normalized spacial score (nSPS) is 27.4. The van der Waals surface area contributed by atoms with Gasteiger partial charge >= 0.3 is 0 Å². The number of nitrogens with one attached hydrogen (secondary N) is 1. The van der Waals surface area contributed by atoms with Gasteiger partial charge in [0.15, 0.2) is 11.2 Å². The van der Waals surface area contributed by atoms with Crippen LogP contribution in [-0.2, 0) is 17.7 Å². The second-order valence-corrected chi connectivity index (χ2v) is 10.7. The maximum absolute atomic E-state index is 12.8. The van der Waals surface area contributed by atoms with Crippen molar-refractivity contribution < 1.29 is 19.7 Å². The van der Waals surface area contributed by atoms with E-state index in [2.05, 4.69) is 31.2 Å². The highest BCUT2D eigenvalue weighted by atomic mass is 79.9. The van der Waals surface area contributed by atoms with Gasteiger partial charge in [0, 0.05) is 41.8 Å². The van der Waals surface area contributed by atoms with E-state index >= 15 is 0 Å². The first kappa shape index (κ1) is 25.0. The summed E-state index contributed by atoms with van der Waals surface area (Å²) in [5, 5.41) is 28.4. The Morgan fingerprint density at radius 2 is 1.79 bits per heavy atom. The number of aliphatic hydroxyl groups is 2. The van der Waals surface area contributed by atoms with E-state index in [4.69, 9.17) is 9.47 Å². The van der Waals surface area contributed by atoms with Crippen LogP contribution < -0.4 is 14.8 Å². The van der Waals surface area contributed by atoms with Crippen molar-refractivity contribution in [1.29, 1.82) is 0 Å². The zero-order valence-electron chi connectivity index (χ0n) is 20.8. The van der Waals surface area contributed by atoms with Crippen LogP contribution in [0.15, 0.2) is 96.0 Å². The van der Waals surface area contributed by atoms with Crippen molar-refractivity contribution in [3.8, 4) is 11.5 Å². The van der Waals surface area contributed by atoms with Crippen molar-refractivity contribution in [2.24, 2.45) is 5.92 Å². The summed E-state index contributed by atoms with van der Waals surface area (Å²) in [4.78, 5) is 8.48. The third kappa shape index (κ3) is 3.66. The molecule has 0 bridgehead atoms. The molecule has 1 fully saturated rings. The minimum Gasteiger partial charge on any atom is -0.495 e. The summed E-state index contributed by atoms with van der Waals surface area (Å²) in [5.74, 6) is -0.0487. The first-order valence-corrected chi connectivity index (χ1v) is 13.3. The van der Waals surface area contributed by atoms with Gasteiger partial charge in [0.1, 0.15) is 11.5 Å². The fourth-order valence-corrected chi connectivity index (χ4v) is 6.61. The molecule has 0 radical (unpaired) electrons. The molecular weight excluding hydrogens is 546 g/mol. The summed E-state index contributed by atoms with van der Waals surface area (Å²) in [5.41, 5.74) is 0.00923. The molecule has 3 N–H and O–H groups in total. The highest BCUT2D eigenvalue weighted by Crippen LogP contribution is 2.69. The number of hydrogen-bond donors (Lipinski definition) is 3. The molecule has 5 atom stereocenters. The molecule has 2 aliphatic rings. The van der Waals surface area contributed by atoms with E-state index in [1.54, 1.807) is 18.6 Å². The maximum atomic E-state index is 12.8. The molecule has 194 valence electrons. The molecule has 0 spiro atoms. The van der Waals surface area contributed by atoms with Crippen molar-refractivity contribution >= 4 is 15.9 Å². The lowest BCUT2D eigenvalue weighted by Crippen LogP contribution is -2.52. The molecule has 0 saturated heterocycles. The lowest BCUT2D eigenvalue weighted by Gasteiger charge is -2.41. The predicted molar refractivity (Wildman–Crippen MR) is 146 cm³/mol. The van der Waals surface area contributed by atoms with Crippen LogP contribution in [0.25, 0.3) is 0 Å². The Morgan fingerprint density at radius 1 is 1.00 bits per heavy atom. The highest BCUT2D eigenvalue weighted by molar-refractivity contribution is 9.10. The van der Waals surface area contributed by atoms with Gasteiger partial charge in [-0.3, -0.25) is 9.97 Å². The number of pyridine rings is 2. The number of nitrogens with zero attached hydrogens (tertiary/aromatic N) is 2. The standard InChI is InChI=1S/C30H28BrN3O4/c1-37-24-17-34-18-25-27(24)29(36)28(35)23(16-33-15-19-6-5-13-32-14-19)26(20-7-3-2-4-8-20)30(29,38-25)21-9-11-22(31)12-10-21/h2-14,17-18,23,26,28,33,35-36H,15-16H2,1H3/t23-,26?,28-,29+,30?/m1/s1. The average molecular weight is 574 g/mol. The molecule has 2 aromatic carbocycles. The van der Waals surface area contributed by atoms with Crippen molar-refractivity contribution in [3.63, 3.8) is 0 Å². The third-order valence-corrected chi connectivity index (χ3v) is 8.41. The molecule has 1 aliphatic heterocycles. The van der Waals surface area contributed by atoms with Gasteiger partial charge in [-0.05, 0) is 34.9 Å². The molecule has 7 nitrogen and oxygen atoms in total. The minimum atomic E-state index is -1.81. The van der Waals surface area contributed by atoms with Gasteiger partial charge in [-0.25, -0.2) is 0 Å². The topological polar surface area (TPSA) is 96.7 Å². The molecule has 0 amide bonds. The molecule has 1 saturated carbocycles. The number of methoxy groups -OCH3 is 1. The van der Waals surface area contributed by atoms with E-state index in [0.29, 0.717) is 30.2 Å². The Kier molecular flexibility index (Phi) is 6.44. The molecule has 1 aliphatic carbocycles. The molecule has 2 unspecified atom stereocenters. The van der Waals surface area contributed by atoms with Crippen LogP contribution in [0.5, 0.6) is 11.5 Å². The van der Waals surface area contributed by atoms with Gasteiger partial charge in [-0.2, -0.15) is 0 Å². The lowest BCUT2D eigenvalue weighted by atomic mass is 9.70. The summed E-state index contributed by atoms with van der Waals surface area (Å²) in [7, 11) is 1.53. The molecule has 38 heavy (non-hydrogen) atoms. The first-order chi connectivity index (χ1) is 18.5. The number of aromatic nitrogens is 2. The molecule has 3 heterocycles. The van der Waals surface area contributed by atoms with Crippen molar-refractivity contribution in [3.05, 3.63) is 118 Å². The molecule has 4 aromatic rings. The smallest absolute Gasteiger partial charge is 0.177 e. The van der Waals surface area contributed by atoms with Gasteiger partial charge in [0.2, 0.25) is 0 Å². The first-order valence-electron chi connectivity index (χ1n) is 12.5. The fraction of sp³-hybridized carbons (Fsp3) is 0.267. The highest BCUT2D eigenvalue weighted by Gasteiger charge is 2.76. The number of aliphatic hydroxyl groups excluding tert-OH is 1. The minimum absolute atomic E-state index is 0.374. The van der Waals surface area contributed by atoms with Crippen molar-refractivity contribution in [2.75, 3.05) is 13.7 Å². The average Bonchev–Trinajstić information content (AvgIpc) is 3.33. The Hall–Kier alpha value is -3.30. The van der Waals surface area contributed by atoms with E-state index < -0.39 is 29.1 Å². The predicted octanol–water partition coefficient (Wildman–Crippen LogP) is 4.29. The van der Waals surface area contributed by atoms with E-state index in [1.807, 2.05) is 72.9 Å². The monoisotopic (exact) mass is 573 g/mol. The van der Waals surface area contributed by atoms with Crippen molar-refractivity contribution in [2.45, 2.75) is 29.8 Å². The van der Waals surface area contributed by atoms with Crippen LogP contribution in [0, 0.1) is 5.92 Å². The van der Waals surface area contributed by atoms with Crippen LogP contribution in [-0.4, -0.2) is 39.9 Å². The summed E-state index contributed by atoms with van der Waals surface area (Å²) >= 11 is 3.53. The van der Waals surface area contributed by atoms with Crippen LogP contribution in [0.3, 0.4) is 0 Å². The summed E-state index contributed by atoms with van der Waals surface area (Å²) in [6, 6.07) is 21.6. The Labute approximate surface area is 229 Å². The number of fused-ring (bicyclic) bond motifs is 3. The number of halogens is 1. The largest absolute Gasteiger partial charge is 0.495 e. The van der Waals surface area contributed by atoms with Crippen LogP contribution in [0.4, 0.5) is 0 Å². The van der Waals surface area contributed by atoms with Crippen LogP contribution in [0.2, 0.25) is 0 Å². The molecule has 6 rings (SSSR count). The Morgan fingerprint density at radius 3 is 2.50 bits per heavy atom. The molecule has 8 heteroatoms. The second kappa shape index (κ2) is 9.78. The number of rotatable bonds is 7. The SMILES string of the molecule is COc1cncc2c1[C@]1(O)[C@H](O)[C@H](CNCc3cccnc3)C(c3ccccc3)C1(c1ccc(Br)cc1)O2. The van der Waals surface area contributed by atoms with E-state index in [-0.39, 0.29) is 0 Å². The number of ether oxygens (including phenoxy) is 2. The van der Waals surface area contributed by atoms with Crippen LogP contribution in [0.1, 0.15) is 28.2 Å². The number of benzene rings is 2. The summed E-state index contributed by atoms with van der Waals surface area (Å²) in [6.07, 6.45) is 5.51. The van der Waals surface area contributed by atoms with E-state index in [0.717, 1.165) is 21.2 Å². The fourth-order valence-electron chi connectivity index (χ4n) is 6.34. The van der Waals surface area contributed by atoms with Crippen molar-refractivity contribution in [1.82, 2.24) is 15.3 Å². The van der Waals surface area contributed by atoms with Gasteiger partial charge in [0.05, 0.1) is 31.2 Å². The quantitative estimate of drug-likeness (QED) is 0.303. The second-order valence-electron chi connectivity index (χ2n) is 9.82. The summed E-state index contributed by atoms with van der Waals surface area (Å²) in [6.45, 7) is 1.01. The maximum Gasteiger partial charge on any atom is 0.177 e. The van der Waals surface area contributed by atoms with Gasteiger partial charge in [-0.15, -0.1) is 0 Å². The zero-order chi connectivity index (χ0) is 26.3. The zero-order valence-corrected chi connectivity index (χ0v) is 22.4. The van der Waals surface area contributed by atoms with Gasteiger partial charge < -0.3 is 25.0 Å². The van der Waals surface area contributed by atoms with E-state index in [9.17, 15) is 10.2 Å². The van der Waals surface area contributed by atoms with Gasteiger partial charge in [-0.1, -0.05) is 64.5 Å². The van der Waals surface area contributed by atoms with Crippen LogP contribution >= 0.6 is 15.9 Å². The summed E-state index contributed by atoms with van der Waals surface area (Å²) < 4.78 is 13.4. The lowest BCUT2D eigenvalue weighted by molar-refractivity contribution is -0.152. The third-order valence-electron chi connectivity index (χ3n) is 7.88. The van der Waals surface area contributed by atoms with Gasteiger partial charge in [0.25, 0.3) is 0 Å². The molecule has 2 aromatic heterocycles. The Bertz CT molecular complexity index is 1420. The molecular formula is C30H28BrN3O4. The number of hydrogen-bond acceptors (Lipinski definition) is 7. The van der Waals surface area contributed by atoms with E-state index in [1.165, 1.54) is 7.11 Å². The Balaban J connectivity index is 1.53.